The standard InChI is InChI=1S/C20H24F2N4O.C6H8N2/c1-11-12(2)24-18-16(23-11)15(14-7-19(8-14)9-20(21,22)10-19)25-17(26-18)13-3-5-27-6-4-13;1-4-7-8(5-1)6-2-3-6/h13-14H,3-10H2,1-2H3;1,4-6H,2-3H2. The van der Waals surface area contributed by atoms with E-state index >= 15 is 0 Å². The van der Waals surface area contributed by atoms with Crippen molar-refractivity contribution in [1.29, 1.82) is 0 Å². The summed E-state index contributed by atoms with van der Waals surface area (Å²) < 4.78 is 34.3. The maximum Gasteiger partial charge on any atom is 0.249 e. The van der Waals surface area contributed by atoms with Gasteiger partial charge in [-0.1, -0.05) is 0 Å². The average Bonchev–Trinajstić information content (AvgIpc) is 3.51. The van der Waals surface area contributed by atoms with E-state index in [-0.39, 0.29) is 30.1 Å². The lowest BCUT2D eigenvalue weighted by Crippen LogP contribution is -2.53. The molecule has 0 unspecified atom stereocenters. The van der Waals surface area contributed by atoms with Crippen LogP contribution in [0.1, 0.15) is 92.2 Å². The maximum atomic E-state index is 13.4. The summed E-state index contributed by atoms with van der Waals surface area (Å²) in [5, 5.41) is 4.09. The molecule has 4 heterocycles. The fourth-order valence-corrected chi connectivity index (χ4v) is 5.92. The Labute approximate surface area is 203 Å². The molecule has 1 spiro atoms. The van der Waals surface area contributed by atoms with Gasteiger partial charge in [-0.2, -0.15) is 5.10 Å². The Morgan fingerprint density at radius 2 is 1.63 bits per heavy atom. The van der Waals surface area contributed by atoms with Crippen LogP contribution in [0.5, 0.6) is 0 Å². The zero-order valence-corrected chi connectivity index (χ0v) is 20.4. The smallest absolute Gasteiger partial charge is 0.249 e. The quantitative estimate of drug-likeness (QED) is 0.495. The van der Waals surface area contributed by atoms with Crippen molar-refractivity contribution >= 4 is 11.2 Å². The maximum absolute atomic E-state index is 13.4. The summed E-state index contributed by atoms with van der Waals surface area (Å²) in [6, 6.07) is 2.71. The predicted molar refractivity (Wildman–Crippen MR) is 126 cm³/mol. The second kappa shape index (κ2) is 8.54. The van der Waals surface area contributed by atoms with Crippen molar-refractivity contribution in [3.63, 3.8) is 0 Å². The number of rotatable bonds is 3. The third kappa shape index (κ3) is 4.55. The van der Waals surface area contributed by atoms with Gasteiger partial charge in [0.25, 0.3) is 0 Å². The first kappa shape index (κ1) is 22.9. The van der Waals surface area contributed by atoms with Gasteiger partial charge in [0.2, 0.25) is 5.92 Å². The number of aromatic nitrogens is 6. The Balaban J connectivity index is 0.000000240. The lowest BCUT2D eigenvalue weighted by Gasteiger charge is -2.57. The normalized spacial score (nSPS) is 23.4. The van der Waals surface area contributed by atoms with E-state index in [2.05, 4.69) is 10.1 Å². The number of alkyl halides is 2. The van der Waals surface area contributed by atoms with Crippen molar-refractivity contribution in [3.8, 4) is 0 Å². The van der Waals surface area contributed by atoms with E-state index in [0.29, 0.717) is 5.65 Å². The van der Waals surface area contributed by atoms with Crippen LogP contribution < -0.4 is 0 Å². The van der Waals surface area contributed by atoms with Crippen molar-refractivity contribution in [2.75, 3.05) is 13.2 Å². The summed E-state index contributed by atoms with van der Waals surface area (Å²) in [7, 11) is 0. The lowest BCUT2D eigenvalue weighted by molar-refractivity contribution is -0.196. The van der Waals surface area contributed by atoms with E-state index in [1.807, 2.05) is 37.0 Å². The topological polar surface area (TPSA) is 78.6 Å². The zero-order valence-electron chi connectivity index (χ0n) is 20.4. The Morgan fingerprint density at radius 1 is 0.914 bits per heavy atom. The molecule has 3 saturated carbocycles. The second-order valence-corrected chi connectivity index (χ2v) is 11.0. The highest BCUT2D eigenvalue weighted by Crippen LogP contribution is 2.67. The van der Waals surface area contributed by atoms with Crippen molar-refractivity contribution in [2.45, 2.75) is 89.0 Å². The number of aryl methyl sites for hydroxylation is 2. The van der Waals surface area contributed by atoms with Gasteiger partial charge in [-0.25, -0.2) is 28.7 Å². The fraction of sp³-hybridized carbons (Fsp3) is 0.654. The predicted octanol–water partition coefficient (Wildman–Crippen LogP) is 5.44. The number of halogens is 2. The highest BCUT2D eigenvalue weighted by Gasteiger charge is 2.62. The summed E-state index contributed by atoms with van der Waals surface area (Å²) in [5.74, 6) is -1.20. The van der Waals surface area contributed by atoms with Gasteiger partial charge in [0, 0.05) is 50.3 Å². The van der Waals surface area contributed by atoms with E-state index in [0.717, 1.165) is 73.4 Å². The first-order valence-corrected chi connectivity index (χ1v) is 12.8. The molecule has 7 nitrogen and oxygen atoms in total. The number of fused-ring (bicyclic) bond motifs is 1. The monoisotopic (exact) mass is 482 g/mol. The number of ether oxygens (including phenoxy) is 1. The molecule has 3 aliphatic carbocycles. The highest BCUT2D eigenvalue weighted by atomic mass is 19.3. The van der Waals surface area contributed by atoms with Crippen LogP contribution in [-0.2, 0) is 4.74 Å². The third-order valence-corrected chi connectivity index (χ3v) is 8.03. The Bertz CT molecular complexity index is 1200. The van der Waals surface area contributed by atoms with Gasteiger partial charge in [0.15, 0.2) is 5.65 Å². The molecule has 35 heavy (non-hydrogen) atoms. The molecular weight excluding hydrogens is 450 g/mol. The molecule has 4 fully saturated rings. The third-order valence-electron chi connectivity index (χ3n) is 8.03. The van der Waals surface area contributed by atoms with Crippen LogP contribution in [0.3, 0.4) is 0 Å². The molecule has 0 aromatic carbocycles. The summed E-state index contributed by atoms with van der Waals surface area (Å²) in [6.07, 6.45) is 9.91. The number of nitrogens with zero attached hydrogens (tertiary/aromatic N) is 6. The van der Waals surface area contributed by atoms with Crippen molar-refractivity contribution < 1.29 is 13.5 Å². The van der Waals surface area contributed by atoms with Gasteiger partial charge >= 0.3 is 0 Å². The molecule has 186 valence electrons. The summed E-state index contributed by atoms with van der Waals surface area (Å²) >= 11 is 0. The van der Waals surface area contributed by atoms with Gasteiger partial charge in [0.1, 0.15) is 11.3 Å². The van der Waals surface area contributed by atoms with Crippen LogP contribution in [0.15, 0.2) is 18.5 Å². The molecule has 9 heteroatoms. The van der Waals surface area contributed by atoms with Crippen molar-refractivity contribution in [2.24, 2.45) is 5.41 Å². The summed E-state index contributed by atoms with van der Waals surface area (Å²) in [4.78, 5) is 19.0. The average molecular weight is 483 g/mol. The van der Waals surface area contributed by atoms with Crippen LogP contribution in [-0.4, -0.2) is 48.9 Å². The molecule has 0 amide bonds. The Morgan fingerprint density at radius 3 is 2.26 bits per heavy atom. The molecule has 0 N–H and O–H groups in total. The molecule has 3 aromatic rings. The Kier molecular flexibility index (Phi) is 5.58. The molecule has 0 atom stereocenters. The summed E-state index contributed by atoms with van der Waals surface area (Å²) in [5.41, 5.74) is 3.86. The second-order valence-electron chi connectivity index (χ2n) is 11.0. The van der Waals surface area contributed by atoms with E-state index < -0.39 is 5.92 Å². The molecule has 7 rings (SSSR count). The SMILES string of the molecule is Cc1nc2nc(C3CCOCC3)nc(C3CC4(C3)CC(F)(F)C4)c2nc1C.c1cnn(C2CC2)c1. The van der Waals surface area contributed by atoms with Crippen LogP contribution in [0.2, 0.25) is 0 Å². The van der Waals surface area contributed by atoms with E-state index in [9.17, 15) is 8.78 Å². The Hall–Kier alpha value is -2.55. The fourth-order valence-electron chi connectivity index (χ4n) is 5.92. The van der Waals surface area contributed by atoms with Crippen LogP contribution in [0.25, 0.3) is 11.2 Å². The molecule has 4 aliphatic rings. The first-order valence-electron chi connectivity index (χ1n) is 12.8. The van der Waals surface area contributed by atoms with Gasteiger partial charge in [0.05, 0.1) is 23.1 Å². The minimum Gasteiger partial charge on any atom is -0.381 e. The van der Waals surface area contributed by atoms with E-state index in [1.165, 1.54) is 12.8 Å². The van der Waals surface area contributed by atoms with Crippen LogP contribution in [0, 0.1) is 19.3 Å². The van der Waals surface area contributed by atoms with E-state index in [1.54, 1.807) is 0 Å². The lowest BCUT2D eigenvalue weighted by atomic mass is 9.49. The number of hydrogen-bond acceptors (Lipinski definition) is 6. The van der Waals surface area contributed by atoms with Gasteiger partial charge < -0.3 is 4.74 Å². The van der Waals surface area contributed by atoms with Gasteiger partial charge in [-0.05, 0) is 63.9 Å². The number of hydrogen-bond donors (Lipinski definition) is 0. The molecule has 1 saturated heterocycles. The van der Waals surface area contributed by atoms with Crippen LogP contribution >= 0.6 is 0 Å². The molecule has 1 aliphatic heterocycles. The molecule has 3 aromatic heterocycles. The first-order chi connectivity index (χ1) is 16.8. The largest absolute Gasteiger partial charge is 0.381 e. The molecule has 0 radical (unpaired) electrons. The highest BCUT2D eigenvalue weighted by molar-refractivity contribution is 5.74. The van der Waals surface area contributed by atoms with Gasteiger partial charge in [-0.3, -0.25) is 4.68 Å². The summed E-state index contributed by atoms with van der Waals surface area (Å²) in [6.45, 7) is 5.32. The zero-order chi connectivity index (χ0) is 24.2. The minimum absolute atomic E-state index is 0.0240. The molecule has 0 bridgehead atoms. The van der Waals surface area contributed by atoms with E-state index in [4.69, 9.17) is 19.7 Å². The van der Waals surface area contributed by atoms with Crippen LogP contribution in [0.4, 0.5) is 8.78 Å². The minimum atomic E-state index is -2.47. The van der Waals surface area contributed by atoms with Crippen molar-refractivity contribution in [3.05, 3.63) is 41.4 Å². The molecular formula is C26H32F2N6O. The van der Waals surface area contributed by atoms with Gasteiger partial charge in [-0.15, -0.1) is 0 Å². The van der Waals surface area contributed by atoms with Crippen molar-refractivity contribution in [1.82, 2.24) is 29.7 Å².